The van der Waals surface area contributed by atoms with Gasteiger partial charge in [0.2, 0.25) is 0 Å². The van der Waals surface area contributed by atoms with E-state index in [9.17, 15) is 0 Å². The van der Waals surface area contributed by atoms with Crippen LogP contribution in [0, 0.1) is 0 Å². The van der Waals surface area contributed by atoms with Gasteiger partial charge in [-0.15, -0.1) is 7.92 Å². The van der Waals surface area contributed by atoms with Gasteiger partial charge in [-0.05, 0) is 18.5 Å². The molecule has 0 spiro atoms. The average Bonchev–Trinajstić information content (AvgIpc) is 1.96. The van der Waals surface area contributed by atoms with E-state index in [2.05, 4.69) is 48.5 Å². The van der Waals surface area contributed by atoms with E-state index >= 15 is 0 Å². The fourth-order valence-corrected chi connectivity index (χ4v) is 2.01. The Balaban J connectivity index is 0. The van der Waals surface area contributed by atoms with E-state index in [-0.39, 0.29) is 0 Å². The fourth-order valence-electron chi connectivity index (χ4n) is 0.671. The van der Waals surface area contributed by atoms with Gasteiger partial charge in [-0.2, -0.15) is 0 Å². The van der Waals surface area contributed by atoms with Crippen molar-refractivity contribution in [1.82, 2.24) is 0 Å². The van der Waals surface area contributed by atoms with Gasteiger partial charge in [0.15, 0.2) is 0 Å². The molecule has 0 bridgehead atoms. The van der Waals surface area contributed by atoms with E-state index in [4.69, 9.17) is 0 Å². The molecule has 0 aromatic rings. The zero-order valence-electron chi connectivity index (χ0n) is 6.26. The molecular formula is C6H15ClPPd. The second-order valence-electron chi connectivity index (χ2n) is 1.62. The summed E-state index contributed by atoms with van der Waals surface area (Å²) >= 11 is 2.22. The molecule has 0 saturated carbocycles. The molecule has 0 atom stereocenters. The predicted octanol–water partition coefficient (Wildman–Crippen LogP) is 3.22. The standard InChI is InChI=1S/C6H15P.ClH.Pd/c1-4-7(5-2)6-3;;/h4-6H2,1-3H3;1H;/q;;+1/p-1. The van der Waals surface area contributed by atoms with Gasteiger partial charge < -0.3 is 0 Å². The van der Waals surface area contributed by atoms with Crippen LogP contribution in [0.4, 0.5) is 0 Å². The van der Waals surface area contributed by atoms with Crippen LogP contribution < -0.4 is 0 Å². The van der Waals surface area contributed by atoms with E-state index in [0.717, 1.165) is 0 Å². The van der Waals surface area contributed by atoms with Crippen LogP contribution in [0.3, 0.4) is 0 Å². The number of hydrogen-bond donors (Lipinski definition) is 0. The third kappa shape index (κ3) is 9.38. The van der Waals surface area contributed by atoms with Crippen molar-refractivity contribution in [2.75, 3.05) is 18.5 Å². The Labute approximate surface area is 74.9 Å². The first-order valence-electron chi connectivity index (χ1n) is 3.19. The maximum absolute atomic E-state index is 4.49. The zero-order chi connectivity index (χ0) is 7.70. The molecule has 0 aliphatic carbocycles. The van der Waals surface area contributed by atoms with Crippen molar-refractivity contribution >= 4 is 17.5 Å². The summed E-state index contributed by atoms with van der Waals surface area (Å²) in [4.78, 5) is 0. The monoisotopic (exact) mass is 259 g/mol. The van der Waals surface area contributed by atoms with E-state index in [1.54, 1.807) is 0 Å². The molecule has 0 aliphatic rings. The average molecular weight is 260 g/mol. The van der Waals surface area contributed by atoms with Gasteiger partial charge in [0.25, 0.3) is 0 Å². The fraction of sp³-hybridized carbons (Fsp3) is 1.00. The minimum absolute atomic E-state index is 0.446. The van der Waals surface area contributed by atoms with Crippen molar-refractivity contribution in [3.63, 3.8) is 0 Å². The van der Waals surface area contributed by atoms with E-state index in [0.29, 0.717) is 7.92 Å². The van der Waals surface area contributed by atoms with Gasteiger partial charge in [-0.3, -0.25) is 0 Å². The van der Waals surface area contributed by atoms with Gasteiger partial charge >= 0.3 is 27.7 Å². The summed E-state index contributed by atoms with van der Waals surface area (Å²) in [6.45, 7) is 6.87. The zero-order valence-corrected chi connectivity index (χ0v) is 9.47. The summed E-state index contributed by atoms with van der Waals surface area (Å²) in [5, 5.41) is 0. The molecule has 0 aromatic heterocycles. The van der Waals surface area contributed by atoms with Gasteiger partial charge in [0.05, 0.1) is 0 Å². The SMILES string of the molecule is CCP(CC)CC.[Cl][Pd]. The van der Waals surface area contributed by atoms with Crippen LogP contribution in [-0.2, 0) is 18.2 Å². The Hall–Kier alpha value is 1.38. The van der Waals surface area contributed by atoms with E-state index in [1.807, 2.05) is 0 Å². The van der Waals surface area contributed by atoms with Crippen LogP contribution in [0.5, 0.6) is 0 Å². The summed E-state index contributed by atoms with van der Waals surface area (Å²) in [5.41, 5.74) is 0. The van der Waals surface area contributed by atoms with Crippen LogP contribution in [0.2, 0.25) is 0 Å². The topological polar surface area (TPSA) is 0 Å². The summed E-state index contributed by atoms with van der Waals surface area (Å²) in [6.07, 6.45) is 4.26. The quantitative estimate of drug-likeness (QED) is 0.540. The Morgan fingerprint density at radius 2 is 1.22 bits per heavy atom. The first kappa shape index (κ1) is 13.0. The molecule has 0 amide bonds. The van der Waals surface area contributed by atoms with E-state index in [1.165, 1.54) is 18.5 Å². The summed E-state index contributed by atoms with van der Waals surface area (Å²) in [5.74, 6) is 0. The summed E-state index contributed by atoms with van der Waals surface area (Å²) in [6, 6.07) is 0. The van der Waals surface area contributed by atoms with E-state index < -0.39 is 0 Å². The second-order valence-corrected chi connectivity index (χ2v) is 4.86. The molecule has 0 radical (unpaired) electrons. The van der Waals surface area contributed by atoms with Gasteiger partial charge in [-0.1, -0.05) is 20.8 Å². The van der Waals surface area contributed by atoms with Crippen molar-refractivity contribution in [3.8, 4) is 0 Å². The Morgan fingerprint density at radius 1 is 1.00 bits per heavy atom. The minimum atomic E-state index is 0.446. The molecule has 0 unspecified atom stereocenters. The molecule has 0 heterocycles. The third-order valence-electron chi connectivity index (χ3n) is 1.34. The molecule has 0 rings (SSSR count). The number of halogens is 1. The molecule has 0 aromatic carbocycles. The first-order chi connectivity index (χ1) is 4.35. The second kappa shape index (κ2) is 12.1. The van der Waals surface area contributed by atoms with Crippen LogP contribution in [0.1, 0.15) is 20.8 Å². The van der Waals surface area contributed by atoms with Gasteiger partial charge in [-0.25, -0.2) is 0 Å². The van der Waals surface area contributed by atoms with Crippen molar-refractivity contribution in [1.29, 1.82) is 0 Å². The molecule has 9 heavy (non-hydrogen) atoms. The Kier molecular flexibility index (Phi) is 17.5. The van der Waals surface area contributed by atoms with Crippen molar-refractivity contribution in [2.45, 2.75) is 20.8 Å². The molecule has 0 nitrogen and oxygen atoms in total. The molecule has 0 N–H and O–H groups in total. The number of rotatable bonds is 3. The molecule has 0 fully saturated rings. The van der Waals surface area contributed by atoms with Gasteiger partial charge in [0, 0.05) is 0 Å². The van der Waals surface area contributed by atoms with Crippen molar-refractivity contribution in [3.05, 3.63) is 0 Å². The number of hydrogen-bond acceptors (Lipinski definition) is 0. The van der Waals surface area contributed by atoms with Gasteiger partial charge in [0.1, 0.15) is 0 Å². The van der Waals surface area contributed by atoms with Crippen LogP contribution in [0.15, 0.2) is 0 Å². The molecular weight excluding hydrogens is 245 g/mol. The summed E-state index contributed by atoms with van der Waals surface area (Å²) < 4.78 is 0. The molecule has 0 saturated heterocycles. The Morgan fingerprint density at radius 3 is 1.22 bits per heavy atom. The first-order valence-corrected chi connectivity index (χ1v) is 7.09. The third-order valence-corrected chi connectivity index (χ3v) is 4.02. The molecule has 3 heteroatoms. The molecule has 0 aliphatic heterocycles. The molecule has 61 valence electrons. The summed E-state index contributed by atoms with van der Waals surface area (Å²) in [7, 11) is 4.93. The van der Waals surface area contributed by atoms with Crippen LogP contribution >= 0.6 is 17.5 Å². The van der Waals surface area contributed by atoms with Crippen LogP contribution in [0.25, 0.3) is 0 Å². The predicted molar refractivity (Wildman–Crippen MR) is 44.4 cm³/mol. The van der Waals surface area contributed by atoms with Crippen LogP contribution in [-0.4, -0.2) is 18.5 Å². The normalized spacial score (nSPS) is 8.78. The Bertz CT molecular complexity index is 34.5. The van der Waals surface area contributed by atoms with Crippen molar-refractivity contribution in [2.24, 2.45) is 0 Å². The van der Waals surface area contributed by atoms with Crippen molar-refractivity contribution < 1.29 is 18.2 Å². The maximum atomic E-state index is 4.49.